The van der Waals surface area contributed by atoms with Gasteiger partial charge in [-0.2, -0.15) is 11.8 Å². The largest absolute Gasteiger partial charge is 0.342 e. The van der Waals surface area contributed by atoms with Crippen molar-refractivity contribution in [3.63, 3.8) is 0 Å². The molecule has 0 radical (unpaired) electrons. The highest BCUT2D eigenvalue weighted by atomic mass is 32.2. The predicted octanol–water partition coefficient (Wildman–Crippen LogP) is 3.28. The lowest BCUT2D eigenvalue weighted by atomic mass is 9.88. The number of carbonyl (C=O) groups is 2. The minimum atomic E-state index is -1.18. The van der Waals surface area contributed by atoms with Crippen molar-refractivity contribution in [1.29, 1.82) is 0 Å². The number of likely N-dealkylation sites (tertiary alicyclic amines) is 1. The van der Waals surface area contributed by atoms with Gasteiger partial charge in [0.25, 0.3) is 0 Å². The maximum absolute atomic E-state index is 13.7. The molecule has 1 aliphatic rings. The van der Waals surface area contributed by atoms with Crippen molar-refractivity contribution >= 4 is 23.5 Å². The van der Waals surface area contributed by atoms with Crippen molar-refractivity contribution in [2.45, 2.75) is 25.0 Å². The average Bonchev–Trinajstić information content (AvgIpc) is 2.52. The summed E-state index contributed by atoms with van der Waals surface area (Å²) in [5.41, 5.74) is -0.686. The third kappa shape index (κ3) is 3.88. The molecule has 0 aromatic heterocycles. The number of thioether (sulfide) groups is 1. The van der Waals surface area contributed by atoms with Gasteiger partial charge in [-0.25, -0.2) is 13.2 Å². The van der Waals surface area contributed by atoms with Crippen LogP contribution in [0.2, 0.25) is 0 Å². The first-order valence-electron chi connectivity index (χ1n) is 7.35. The summed E-state index contributed by atoms with van der Waals surface area (Å²) < 4.78 is 40.3. The van der Waals surface area contributed by atoms with Crippen LogP contribution in [-0.2, 0) is 4.79 Å². The number of rotatable bonds is 4. The Morgan fingerprint density at radius 3 is 2.17 bits per heavy atom. The molecular weight excluding hydrogens is 327 g/mol. The Bertz CT molecular complexity index is 592. The van der Waals surface area contributed by atoms with E-state index >= 15 is 0 Å². The highest BCUT2D eigenvalue weighted by molar-refractivity contribution is 7.99. The molecule has 1 saturated heterocycles. The third-order valence-electron chi connectivity index (χ3n) is 4.13. The number of nitrogens with zero attached hydrogens (tertiary/aromatic N) is 1. The zero-order valence-electron chi connectivity index (χ0n) is 12.9. The van der Waals surface area contributed by atoms with E-state index in [-0.39, 0.29) is 11.2 Å². The lowest BCUT2D eigenvalue weighted by Gasteiger charge is -2.32. The van der Waals surface area contributed by atoms with Crippen LogP contribution >= 0.6 is 11.8 Å². The summed E-state index contributed by atoms with van der Waals surface area (Å²) in [6.07, 6.45) is 2.54. The molecule has 1 heterocycles. The van der Waals surface area contributed by atoms with E-state index in [1.54, 1.807) is 4.90 Å². The molecule has 3 nitrogen and oxygen atoms in total. The Morgan fingerprint density at radius 2 is 1.70 bits per heavy atom. The predicted molar refractivity (Wildman–Crippen MR) is 82.9 cm³/mol. The van der Waals surface area contributed by atoms with E-state index in [0.29, 0.717) is 38.1 Å². The van der Waals surface area contributed by atoms with Crippen LogP contribution in [0.1, 0.15) is 30.1 Å². The minimum absolute atomic E-state index is 0.00235. The molecule has 0 bridgehead atoms. The van der Waals surface area contributed by atoms with Gasteiger partial charge in [0.2, 0.25) is 5.91 Å². The van der Waals surface area contributed by atoms with Crippen molar-refractivity contribution in [2.24, 2.45) is 5.92 Å². The molecule has 0 N–H and O–H groups in total. The normalized spacial score (nSPS) is 17.2. The Balaban J connectivity index is 2.06. The first kappa shape index (κ1) is 17.8. The second kappa shape index (κ2) is 7.38. The number of carbonyl (C=O) groups excluding carboxylic acids is 2. The van der Waals surface area contributed by atoms with E-state index in [1.165, 1.54) is 11.8 Å². The lowest BCUT2D eigenvalue weighted by molar-refractivity contribution is -0.131. The molecule has 1 aromatic rings. The minimum Gasteiger partial charge on any atom is -0.342 e. The molecular formula is C16H18F3NO2S. The van der Waals surface area contributed by atoms with Crippen molar-refractivity contribution in [3.05, 3.63) is 35.1 Å². The number of amides is 1. The molecule has 2 rings (SSSR count). The Kier molecular flexibility index (Phi) is 5.73. The Morgan fingerprint density at radius 1 is 1.17 bits per heavy atom. The highest BCUT2D eigenvalue weighted by Gasteiger charge is 2.32. The number of Topliss-reactive ketones (excluding diaryl/α,β-unsaturated/α-hetero) is 1. The number of hydrogen-bond donors (Lipinski definition) is 0. The lowest BCUT2D eigenvalue weighted by Crippen LogP contribution is -2.43. The summed E-state index contributed by atoms with van der Waals surface area (Å²) in [5.74, 6) is -4.63. The zero-order chi connectivity index (χ0) is 17.1. The van der Waals surface area contributed by atoms with E-state index in [0.717, 1.165) is 0 Å². The van der Waals surface area contributed by atoms with E-state index in [1.807, 2.05) is 13.2 Å². The van der Waals surface area contributed by atoms with Crippen LogP contribution < -0.4 is 0 Å². The van der Waals surface area contributed by atoms with Crippen LogP contribution in [0.15, 0.2) is 12.1 Å². The fourth-order valence-corrected chi connectivity index (χ4v) is 3.05. The third-order valence-corrected chi connectivity index (χ3v) is 5.04. The van der Waals surface area contributed by atoms with Crippen molar-refractivity contribution in [1.82, 2.24) is 4.90 Å². The van der Waals surface area contributed by atoms with E-state index in [4.69, 9.17) is 0 Å². The average molecular weight is 345 g/mol. The molecule has 1 aromatic carbocycles. The summed E-state index contributed by atoms with van der Waals surface area (Å²) >= 11 is 1.44. The molecule has 0 aliphatic carbocycles. The van der Waals surface area contributed by atoms with Crippen LogP contribution in [0.25, 0.3) is 0 Å². The van der Waals surface area contributed by atoms with Crippen LogP contribution in [0.3, 0.4) is 0 Å². The quantitative estimate of drug-likeness (QED) is 0.786. The van der Waals surface area contributed by atoms with Crippen molar-refractivity contribution < 1.29 is 22.8 Å². The van der Waals surface area contributed by atoms with Gasteiger partial charge in [0.15, 0.2) is 5.78 Å². The molecule has 0 spiro atoms. The Hall–Kier alpha value is -1.50. The number of ketones is 1. The monoisotopic (exact) mass is 345 g/mol. The van der Waals surface area contributed by atoms with Crippen LogP contribution in [0.5, 0.6) is 0 Å². The molecule has 0 saturated carbocycles. The fourth-order valence-electron chi connectivity index (χ4n) is 2.70. The molecule has 1 atom stereocenters. The first-order valence-corrected chi connectivity index (χ1v) is 8.64. The number of halogens is 3. The maximum atomic E-state index is 13.7. The molecule has 1 amide bonds. The van der Waals surface area contributed by atoms with Crippen molar-refractivity contribution in [3.8, 4) is 0 Å². The topological polar surface area (TPSA) is 37.4 Å². The van der Waals surface area contributed by atoms with Gasteiger partial charge in [0.05, 0.1) is 10.8 Å². The van der Waals surface area contributed by atoms with Crippen LogP contribution in [-0.4, -0.2) is 41.2 Å². The number of benzene rings is 1. The van der Waals surface area contributed by atoms with Gasteiger partial charge in [0.1, 0.15) is 17.5 Å². The summed E-state index contributed by atoms with van der Waals surface area (Å²) in [6.45, 7) is 2.57. The van der Waals surface area contributed by atoms with Gasteiger partial charge < -0.3 is 4.90 Å². The summed E-state index contributed by atoms with van der Waals surface area (Å²) in [6, 6.07) is 1.02. The van der Waals surface area contributed by atoms with Gasteiger partial charge in [0, 0.05) is 31.1 Å². The summed E-state index contributed by atoms with van der Waals surface area (Å²) in [7, 11) is 0. The fraction of sp³-hybridized carbons (Fsp3) is 0.500. The van der Waals surface area contributed by atoms with E-state index < -0.39 is 34.7 Å². The van der Waals surface area contributed by atoms with E-state index in [2.05, 4.69) is 0 Å². The molecule has 1 unspecified atom stereocenters. The SMILES string of the molecule is CSC(C)C(=O)N1CCC(C(=O)c2c(F)cc(F)cc2F)CC1. The maximum Gasteiger partial charge on any atom is 0.235 e. The Labute approximate surface area is 137 Å². The standard InChI is InChI=1S/C16H18F3NO2S/c1-9(23-2)16(22)20-5-3-10(4-6-20)15(21)14-12(18)7-11(17)8-13(14)19/h7-10H,3-6H2,1-2H3. The molecule has 23 heavy (non-hydrogen) atoms. The molecule has 7 heteroatoms. The van der Waals surface area contributed by atoms with Gasteiger partial charge in [-0.05, 0) is 26.0 Å². The summed E-state index contributed by atoms with van der Waals surface area (Å²) in [4.78, 5) is 26.1. The van der Waals surface area contributed by atoms with E-state index in [9.17, 15) is 22.8 Å². The van der Waals surface area contributed by atoms with Crippen LogP contribution in [0, 0.1) is 23.4 Å². The number of hydrogen-bond acceptors (Lipinski definition) is 3. The highest BCUT2D eigenvalue weighted by Crippen LogP contribution is 2.26. The first-order chi connectivity index (χ1) is 10.8. The molecule has 126 valence electrons. The smallest absolute Gasteiger partial charge is 0.235 e. The van der Waals surface area contributed by atoms with Gasteiger partial charge in [-0.3, -0.25) is 9.59 Å². The van der Waals surface area contributed by atoms with Crippen molar-refractivity contribution in [2.75, 3.05) is 19.3 Å². The van der Waals surface area contributed by atoms with Gasteiger partial charge in [-0.1, -0.05) is 0 Å². The number of piperidine rings is 1. The van der Waals surface area contributed by atoms with Gasteiger partial charge >= 0.3 is 0 Å². The second-order valence-electron chi connectivity index (χ2n) is 5.59. The molecule has 1 fully saturated rings. The second-order valence-corrected chi connectivity index (χ2v) is 6.76. The summed E-state index contributed by atoms with van der Waals surface area (Å²) in [5, 5.41) is -0.158. The molecule has 1 aliphatic heterocycles. The van der Waals surface area contributed by atoms with Gasteiger partial charge in [-0.15, -0.1) is 0 Å². The van der Waals surface area contributed by atoms with Crippen LogP contribution in [0.4, 0.5) is 13.2 Å². The zero-order valence-corrected chi connectivity index (χ0v) is 13.8.